The number of carboxylic acids is 1. The minimum Gasteiger partial charge on any atom is -0.479 e. The van der Waals surface area contributed by atoms with Gasteiger partial charge < -0.3 is 20.8 Å². The van der Waals surface area contributed by atoms with Crippen LogP contribution in [-0.4, -0.2) is 34.9 Å². The van der Waals surface area contributed by atoms with Gasteiger partial charge in [-0.25, -0.2) is 9.59 Å². The average Bonchev–Trinajstić information content (AvgIpc) is 2.32. The summed E-state index contributed by atoms with van der Waals surface area (Å²) in [5, 5.41) is 22.7. The third-order valence-corrected chi connectivity index (χ3v) is 2.44. The van der Waals surface area contributed by atoms with E-state index < -0.39 is 18.1 Å². The SMILES string of the molecule is O=C(NCC[C@H](O)C(=O)O)Nc1ccccc1Cl. The molecule has 98 valence electrons. The highest BCUT2D eigenvalue weighted by atomic mass is 35.5. The van der Waals surface area contributed by atoms with Crippen molar-refractivity contribution in [3.8, 4) is 0 Å². The summed E-state index contributed by atoms with van der Waals surface area (Å²) in [6.07, 6.45) is -1.55. The van der Waals surface area contributed by atoms with Gasteiger partial charge in [0.1, 0.15) is 0 Å². The average molecular weight is 273 g/mol. The number of carbonyl (C=O) groups is 2. The molecule has 4 N–H and O–H groups in total. The highest BCUT2D eigenvalue weighted by Crippen LogP contribution is 2.19. The molecule has 0 bridgehead atoms. The number of urea groups is 1. The number of anilines is 1. The van der Waals surface area contributed by atoms with E-state index in [1.807, 2.05) is 0 Å². The van der Waals surface area contributed by atoms with Crippen LogP contribution in [0.25, 0.3) is 0 Å². The van der Waals surface area contributed by atoms with E-state index in [4.69, 9.17) is 21.8 Å². The van der Waals surface area contributed by atoms with Gasteiger partial charge in [-0.2, -0.15) is 0 Å². The molecule has 0 aromatic heterocycles. The lowest BCUT2D eigenvalue weighted by molar-refractivity contribution is -0.146. The second kappa shape index (κ2) is 6.83. The Labute approximate surface area is 109 Å². The van der Waals surface area contributed by atoms with Crippen LogP contribution in [0, 0.1) is 0 Å². The van der Waals surface area contributed by atoms with Crippen molar-refractivity contribution < 1.29 is 19.8 Å². The van der Waals surface area contributed by atoms with Gasteiger partial charge in [0.15, 0.2) is 6.10 Å². The maximum absolute atomic E-state index is 11.4. The molecule has 0 aliphatic rings. The Hall–Kier alpha value is -1.79. The first-order valence-corrected chi connectivity index (χ1v) is 5.58. The highest BCUT2D eigenvalue weighted by molar-refractivity contribution is 6.33. The molecule has 6 nitrogen and oxygen atoms in total. The summed E-state index contributed by atoms with van der Waals surface area (Å²) in [5.74, 6) is -1.32. The van der Waals surface area contributed by atoms with Crippen molar-refractivity contribution in [2.24, 2.45) is 0 Å². The van der Waals surface area contributed by atoms with Crippen LogP contribution in [0.15, 0.2) is 24.3 Å². The Bertz CT molecular complexity index is 439. The number of para-hydroxylation sites is 1. The van der Waals surface area contributed by atoms with Crippen molar-refractivity contribution in [1.29, 1.82) is 0 Å². The third-order valence-electron chi connectivity index (χ3n) is 2.11. The second-order valence-corrected chi connectivity index (χ2v) is 3.91. The molecule has 18 heavy (non-hydrogen) atoms. The lowest BCUT2D eigenvalue weighted by atomic mass is 10.2. The number of halogens is 1. The number of carbonyl (C=O) groups excluding carboxylic acids is 1. The Morgan fingerprint density at radius 1 is 1.33 bits per heavy atom. The molecule has 0 aliphatic heterocycles. The highest BCUT2D eigenvalue weighted by Gasteiger charge is 2.13. The van der Waals surface area contributed by atoms with E-state index in [-0.39, 0.29) is 13.0 Å². The van der Waals surface area contributed by atoms with E-state index in [1.54, 1.807) is 24.3 Å². The molecule has 0 heterocycles. The minimum atomic E-state index is -1.48. The number of amides is 2. The maximum Gasteiger partial charge on any atom is 0.332 e. The molecule has 0 radical (unpaired) electrons. The molecule has 7 heteroatoms. The Balaban J connectivity index is 2.35. The van der Waals surface area contributed by atoms with Crippen LogP contribution in [0.4, 0.5) is 10.5 Å². The molecule has 2 amide bonds. The Morgan fingerprint density at radius 2 is 2.00 bits per heavy atom. The fraction of sp³-hybridized carbons (Fsp3) is 0.273. The van der Waals surface area contributed by atoms with Crippen LogP contribution >= 0.6 is 11.6 Å². The molecule has 0 saturated heterocycles. The van der Waals surface area contributed by atoms with Gasteiger partial charge in [-0.1, -0.05) is 23.7 Å². The quantitative estimate of drug-likeness (QED) is 0.649. The number of hydrogen-bond donors (Lipinski definition) is 4. The lowest BCUT2D eigenvalue weighted by Crippen LogP contribution is -2.33. The molecular weight excluding hydrogens is 260 g/mol. The summed E-state index contributed by atoms with van der Waals surface area (Å²) in [6.45, 7) is 0.0454. The molecule has 1 atom stereocenters. The van der Waals surface area contributed by atoms with Crippen molar-refractivity contribution in [3.63, 3.8) is 0 Å². The Morgan fingerprint density at radius 3 is 2.61 bits per heavy atom. The molecule has 0 spiro atoms. The molecule has 0 unspecified atom stereocenters. The number of aliphatic hydroxyl groups excluding tert-OH is 1. The smallest absolute Gasteiger partial charge is 0.332 e. The number of nitrogens with one attached hydrogen (secondary N) is 2. The molecule has 0 fully saturated rings. The van der Waals surface area contributed by atoms with Gasteiger partial charge in [0, 0.05) is 13.0 Å². The van der Waals surface area contributed by atoms with Gasteiger partial charge in [0.2, 0.25) is 0 Å². The molecular formula is C11H13ClN2O4. The van der Waals surface area contributed by atoms with Crippen molar-refractivity contribution in [1.82, 2.24) is 5.32 Å². The molecule has 0 saturated carbocycles. The van der Waals surface area contributed by atoms with Crippen LogP contribution in [-0.2, 0) is 4.79 Å². The first-order valence-electron chi connectivity index (χ1n) is 5.21. The minimum absolute atomic E-state index is 0.0454. The van der Waals surface area contributed by atoms with Gasteiger partial charge in [-0.05, 0) is 12.1 Å². The largest absolute Gasteiger partial charge is 0.479 e. The summed E-state index contributed by atoms with van der Waals surface area (Å²) in [4.78, 5) is 21.7. The standard InChI is InChI=1S/C11H13ClN2O4/c12-7-3-1-2-4-8(7)14-11(18)13-6-5-9(15)10(16)17/h1-4,9,15H,5-6H2,(H,16,17)(H2,13,14,18)/t9-/m0/s1. The summed E-state index contributed by atoms with van der Waals surface area (Å²) in [5.41, 5.74) is 0.454. The van der Waals surface area contributed by atoms with E-state index in [0.29, 0.717) is 10.7 Å². The predicted octanol–water partition coefficient (Wildman–Crippen LogP) is 1.30. The van der Waals surface area contributed by atoms with Crippen LogP contribution in [0.5, 0.6) is 0 Å². The zero-order chi connectivity index (χ0) is 13.5. The monoisotopic (exact) mass is 272 g/mol. The molecule has 0 aliphatic carbocycles. The number of benzene rings is 1. The topological polar surface area (TPSA) is 98.7 Å². The van der Waals surface area contributed by atoms with Gasteiger partial charge in [-0.15, -0.1) is 0 Å². The normalized spacial score (nSPS) is 11.7. The number of aliphatic carboxylic acids is 1. The molecule has 1 aromatic rings. The van der Waals surface area contributed by atoms with Crippen molar-refractivity contribution >= 4 is 29.3 Å². The third kappa shape index (κ3) is 4.60. The fourth-order valence-electron chi connectivity index (χ4n) is 1.17. The fourth-order valence-corrected chi connectivity index (χ4v) is 1.36. The van der Waals surface area contributed by atoms with E-state index in [1.165, 1.54) is 0 Å². The van der Waals surface area contributed by atoms with Gasteiger partial charge in [-0.3, -0.25) is 0 Å². The zero-order valence-electron chi connectivity index (χ0n) is 9.39. The van der Waals surface area contributed by atoms with Crippen LogP contribution < -0.4 is 10.6 Å². The van der Waals surface area contributed by atoms with Crippen LogP contribution in [0.3, 0.4) is 0 Å². The zero-order valence-corrected chi connectivity index (χ0v) is 10.1. The molecule has 1 rings (SSSR count). The number of hydrogen-bond acceptors (Lipinski definition) is 3. The van der Waals surface area contributed by atoms with E-state index >= 15 is 0 Å². The van der Waals surface area contributed by atoms with E-state index in [9.17, 15) is 9.59 Å². The lowest BCUT2D eigenvalue weighted by Gasteiger charge is -2.09. The second-order valence-electron chi connectivity index (χ2n) is 3.50. The van der Waals surface area contributed by atoms with Crippen molar-refractivity contribution in [3.05, 3.63) is 29.3 Å². The number of rotatable bonds is 5. The summed E-state index contributed by atoms with van der Waals surface area (Å²) < 4.78 is 0. The Kier molecular flexibility index (Phi) is 5.41. The number of carboxylic acid groups (broad SMARTS) is 1. The van der Waals surface area contributed by atoms with Crippen LogP contribution in [0.2, 0.25) is 5.02 Å². The van der Waals surface area contributed by atoms with Gasteiger partial charge in [0.05, 0.1) is 10.7 Å². The predicted molar refractivity (Wildman–Crippen MR) is 66.7 cm³/mol. The van der Waals surface area contributed by atoms with Crippen molar-refractivity contribution in [2.75, 3.05) is 11.9 Å². The first-order chi connectivity index (χ1) is 8.50. The first kappa shape index (κ1) is 14.3. The summed E-state index contributed by atoms with van der Waals surface area (Å²) >= 11 is 5.83. The number of aliphatic hydroxyl groups is 1. The van der Waals surface area contributed by atoms with Gasteiger partial charge >= 0.3 is 12.0 Å². The van der Waals surface area contributed by atoms with Crippen molar-refractivity contribution in [2.45, 2.75) is 12.5 Å². The summed E-state index contributed by atoms with van der Waals surface area (Å²) in [6, 6.07) is 6.20. The van der Waals surface area contributed by atoms with Crippen LogP contribution in [0.1, 0.15) is 6.42 Å². The molecule has 1 aromatic carbocycles. The maximum atomic E-state index is 11.4. The van der Waals surface area contributed by atoms with Gasteiger partial charge in [0.25, 0.3) is 0 Å². The van der Waals surface area contributed by atoms with E-state index in [0.717, 1.165) is 0 Å². The van der Waals surface area contributed by atoms with E-state index in [2.05, 4.69) is 10.6 Å². The summed E-state index contributed by atoms with van der Waals surface area (Å²) in [7, 11) is 0.